The number of hydrogen-bond acceptors (Lipinski definition) is 3. The fourth-order valence-corrected chi connectivity index (χ4v) is 2.09. The predicted octanol–water partition coefficient (Wildman–Crippen LogP) is 2.91. The lowest BCUT2D eigenvalue weighted by Crippen LogP contribution is -2.29. The number of hydrogen-bond donors (Lipinski definition) is 1. The maximum absolute atomic E-state index is 11.0. The van der Waals surface area contributed by atoms with Crippen LogP contribution in [-0.2, 0) is 0 Å². The number of aromatic carboxylic acids is 1. The van der Waals surface area contributed by atoms with E-state index in [1.54, 1.807) is 12.3 Å². The van der Waals surface area contributed by atoms with Gasteiger partial charge in [-0.2, -0.15) is 0 Å². The number of carbonyl (C=O) groups is 1. The number of nitrogens with zero attached hydrogens (tertiary/aromatic N) is 1. The minimum Gasteiger partial charge on any atom is -0.477 e. The third-order valence-electron chi connectivity index (χ3n) is 3.01. The van der Waals surface area contributed by atoms with E-state index in [-0.39, 0.29) is 29.5 Å². The lowest BCUT2D eigenvalue weighted by atomic mass is 10.1. The lowest BCUT2D eigenvalue weighted by Gasteiger charge is -2.25. The molecule has 1 aliphatic rings. The minimum atomic E-state index is -0.996. The van der Waals surface area contributed by atoms with Crippen molar-refractivity contribution in [2.24, 2.45) is 0 Å². The maximum Gasteiger partial charge on any atom is 0.341 e. The molecule has 1 N–H and O–H groups in total. The quantitative estimate of drug-likeness (QED) is 0.905. The minimum absolute atomic E-state index is 0. The van der Waals surface area contributed by atoms with Crippen LogP contribution in [-0.4, -0.2) is 21.7 Å². The first-order valence-electron chi connectivity index (χ1n) is 5.48. The van der Waals surface area contributed by atoms with Gasteiger partial charge in [-0.25, -0.2) is 9.78 Å². The van der Waals surface area contributed by atoms with Gasteiger partial charge in [0.05, 0.1) is 0 Å². The van der Waals surface area contributed by atoms with Gasteiger partial charge in [-0.05, 0) is 44.7 Å². The molecule has 1 aliphatic carbocycles. The molecule has 94 valence electrons. The van der Waals surface area contributed by atoms with Crippen LogP contribution in [0.4, 0.5) is 0 Å². The van der Waals surface area contributed by atoms with Gasteiger partial charge in [-0.3, -0.25) is 0 Å². The number of carboxylic acid groups (broad SMARTS) is 1. The van der Waals surface area contributed by atoms with Crippen molar-refractivity contribution in [3.05, 3.63) is 23.9 Å². The van der Waals surface area contributed by atoms with E-state index in [0.717, 1.165) is 25.7 Å². The van der Waals surface area contributed by atoms with E-state index in [4.69, 9.17) is 9.84 Å². The largest absolute Gasteiger partial charge is 0.477 e. The van der Waals surface area contributed by atoms with Crippen LogP contribution in [0.2, 0.25) is 0 Å². The summed E-state index contributed by atoms with van der Waals surface area (Å²) in [6.45, 7) is 2.01. The SMILES string of the molecule is CC1(Oc2ncccc2C(=O)O)CCCC1.Cl. The van der Waals surface area contributed by atoms with Gasteiger partial charge >= 0.3 is 5.97 Å². The molecular formula is C12H16ClNO3. The Balaban J connectivity index is 0.00000144. The highest BCUT2D eigenvalue weighted by molar-refractivity contribution is 5.90. The third kappa shape index (κ3) is 3.09. The molecule has 0 spiro atoms. The van der Waals surface area contributed by atoms with Gasteiger partial charge in [-0.1, -0.05) is 0 Å². The highest BCUT2D eigenvalue weighted by Gasteiger charge is 2.32. The fraction of sp³-hybridized carbons (Fsp3) is 0.500. The molecule has 0 bridgehead atoms. The highest BCUT2D eigenvalue weighted by Crippen LogP contribution is 2.34. The molecule has 5 heteroatoms. The van der Waals surface area contributed by atoms with Crippen LogP contribution < -0.4 is 4.74 Å². The molecule has 4 nitrogen and oxygen atoms in total. The molecule has 1 aromatic heterocycles. The molecule has 0 aliphatic heterocycles. The second-order valence-corrected chi connectivity index (χ2v) is 4.42. The Labute approximate surface area is 106 Å². The zero-order chi connectivity index (χ0) is 11.6. The first-order chi connectivity index (χ1) is 7.61. The topological polar surface area (TPSA) is 59.4 Å². The monoisotopic (exact) mass is 257 g/mol. The molecule has 0 saturated heterocycles. The summed E-state index contributed by atoms with van der Waals surface area (Å²) in [7, 11) is 0. The molecule has 0 amide bonds. The van der Waals surface area contributed by atoms with Crippen molar-refractivity contribution < 1.29 is 14.6 Å². The van der Waals surface area contributed by atoms with Crippen LogP contribution in [0.3, 0.4) is 0 Å². The molecule has 2 rings (SSSR count). The summed E-state index contributed by atoms with van der Waals surface area (Å²) in [5, 5.41) is 9.00. The summed E-state index contributed by atoms with van der Waals surface area (Å²) in [4.78, 5) is 15.0. The van der Waals surface area contributed by atoms with Gasteiger partial charge in [0.1, 0.15) is 11.2 Å². The number of aromatic nitrogens is 1. The number of carboxylic acids is 1. The summed E-state index contributed by atoms with van der Waals surface area (Å²) in [5.74, 6) is -0.760. The van der Waals surface area contributed by atoms with Crippen molar-refractivity contribution >= 4 is 18.4 Å². The van der Waals surface area contributed by atoms with Crippen molar-refractivity contribution in [3.8, 4) is 5.88 Å². The first kappa shape index (κ1) is 13.8. The van der Waals surface area contributed by atoms with Crippen LogP contribution >= 0.6 is 12.4 Å². The van der Waals surface area contributed by atoms with Crippen molar-refractivity contribution in [3.63, 3.8) is 0 Å². The van der Waals surface area contributed by atoms with Gasteiger partial charge in [0.15, 0.2) is 0 Å². The Kier molecular flexibility index (Phi) is 4.34. The van der Waals surface area contributed by atoms with E-state index in [1.165, 1.54) is 6.07 Å². The summed E-state index contributed by atoms with van der Waals surface area (Å²) < 4.78 is 5.76. The van der Waals surface area contributed by atoms with Gasteiger partial charge in [-0.15, -0.1) is 12.4 Å². The maximum atomic E-state index is 11.0. The average Bonchev–Trinajstić information content (AvgIpc) is 2.65. The van der Waals surface area contributed by atoms with E-state index >= 15 is 0 Å². The van der Waals surface area contributed by atoms with Gasteiger partial charge in [0.2, 0.25) is 5.88 Å². The van der Waals surface area contributed by atoms with Gasteiger partial charge < -0.3 is 9.84 Å². The molecule has 1 heterocycles. The Hall–Kier alpha value is -1.29. The molecule has 0 atom stereocenters. The predicted molar refractivity (Wildman–Crippen MR) is 65.9 cm³/mol. The third-order valence-corrected chi connectivity index (χ3v) is 3.01. The molecule has 17 heavy (non-hydrogen) atoms. The zero-order valence-corrected chi connectivity index (χ0v) is 10.5. The Morgan fingerprint density at radius 1 is 1.47 bits per heavy atom. The second kappa shape index (κ2) is 5.36. The Morgan fingerprint density at radius 3 is 2.71 bits per heavy atom. The fourth-order valence-electron chi connectivity index (χ4n) is 2.09. The van der Waals surface area contributed by atoms with Crippen LogP contribution in [0, 0.1) is 0 Å². The Bertz CT molecular complexity index is 402. The average molecular weight is 258 g/mol. The zero-order valence-electron chi connectivity index (χ0n) is 9.68. The van der Waals surface area contributed by atoms with Gasteiger partial charge in [0, 0.05) is 6.20 Å². The summed E-state index contributed by atoms with van der Waals surface area (Å²) >= 11 is 0. The molecule has 1 saturated carbocycles. The van der Waals surface area contributed by atoms with Gasteiger partial charge in [0.25, 0.3) is 0 Å². The summed E-state index contributed by atoms with van der Waals surface area (Å²) in [6, 6.07) is 3.12. The van der Waals surface area contributed by atoms with E-state index in [0.29, 0.717) is 0 Å². The number of pyridine rings is 1. The molecule has 1 fully saturated rings. The van der Waals surface area contributed by atoms with Crippen molar-refractivity contribution in [2.45, 2.75) is 38.2 Å². The van der Waals surface area contributed by atoms with E-state index in [1.807, 2.05) is 6.92 Å². The van der Waals surface area contributed by atoms with Crippen molar-refractivity contribution in [1.82, 2.24) is 4.98 Å². The molecule has 0 aromatic carbocycles. The summed E-state index contributed by atoms with van der Waals surface area (Å²) in [5.41, 5.74) is -0.117. The number of rotatable bonds is 3. The van der Waals surface area contributed by atoms with Crippen LogP contribution in [0.5, 0.6) is 5.88 Å². The Morgan fingerprint density at radius 2 is 2.12 bits per heavy atom. The molecule has 0 radical (unpaired) electrons. The van der Waals surface area contributed by atoms with E-state index < -0.39 is 5.97 Å². The molecule has 1 aromatic rings. The van der Waals surface area contributed by atoms with Crippen molar-refractivity contribution in [1.29, 1.82) is 0 Å². The van der Waals surface area contributed by atoms with E-state index in [9.17, 15) is 4.79 Å². The van der Waals surface area contributed by atoms with Crippen LogP contribution in [0.1, 0.15) is 43.0 Å². The smallest absolute Gasteiger partial charge is 0.341 e. The first-order valence-corrected chi connectivity index (χ1v) is 5.48. The molecule has 0 unspecified atom stereocenters. The van der Waals surface area contributed by atoms with Crippen molar-refractivity contribution in [2.75, 3.05) is 0 Å². The normalized spacial score (nSPS) is 17.2. The van der Waals surface area contributed by atoms with Crippen LogP contribution in [0.25, 0.3) is 0 Å². The standard InChI is InChI=1S/C12H15NO3.ClH/c1-12(6-2-3-7-12)16-10-9(11(14)15)5-4-8-13-10;/h4-5,8H,2-3,6-7H2,1H3,(H,14,15);1H. The molecular weight excluding hydrogens is 242 g/mol. The second-order valence-electron chi connectivity index (χ2n) is 4.42. The van der Waals surface area contributed by atoms with Crippen LogP contribution in [0.15, 0.2) is 18.3 Å². The number of halogens is 1. The highest BCUT2D eigenvalue weighted by atomic mass is 35.5. The lowest BCUT2D eigenvalue weighted by molar-refractivity contribution is 0.0655. The summed E-state index contributed by atoms with van der Waals surface area (Å²) in [6.07, 6.45) is 5.74. The number of ether oxygens (including phenoxy) is 1. The van der Waals surface area contributed by atoms with E-state index in [2.05, 4.69) is 4.98 Å².